The standard InChI is InChI=1S/C10H9F7N2/c1-18-7(5-2-6(11)4-19-3-5)8(9(12,13)14)10(15,16)17/h2-4,7-8,18H,1H3. The zero-order valence-corrected chi connectivity index (χ0v) is 9.48. The van der Waals surface area contributed by atoms with Crippen molar-refractivity contribution in [3.8, 4) is 0 Å². The van der Waals surface area contributed by atoms with Gasteiger partial charge in [0.25, 0.3) is 0 Å². The third-order valence-corrected chi connectivity index (χ3v) is 2.43. The van der Waals surface area contributed by atoms with Crippen LogP contribution in [0.25, 0.3) is 0 Å². The third kappa shape index (κ3) is 3.79. The molecule has 1 unspecified atom stereocenters. The maximum atomic E-state index is 12.9. The molecule has 2 nitrogen and oxygen atoms in total. The molecular weight excluding hydrogens is 281 g/mol. The first-order valence-electron chi connectivity index (χ1n) is 4.98. The predicted molar refractivity (Wildman–Crippen MR) is 51.6 cm³/mol. The van der Waals surface area contributed by atoms with E-state index in [0.717, 1.165) is 13.2 Å². The first-order valence-corrected chi connectivity index (χ1v) is 4.98. The van der Waals surface area contributed by atoms with Gasteiger partial charge in [0, 0.05) is 6.20 Å². The van der Waals surface area contributed by atoms with Crippen LogP contribution in [0.2, 0.25) is 0 Å². The maximum absolute atomic E-state index is 12.9. The second-order valence-electron chi connectivity index (χ2n) is 3.76. The molecule has 0 aliphatic carbocycles. The number of hydrogen-bond acceptors (Lipinski definition) is 2. The minimum atomic E-state index is -5.52. The van der Waals surface area contributed by atoms with E-state index in [9.17, 15) is 30.7 Å². The van der Waals surface area contributed by atoms with E-state index < -0.39 is 35.7 Å². The summed E-state index contributed by atoms with van der Waals surface area (Å²) in [5, 5.41) is 1.91. The SMILES string of the molecule is CNC(c1cncc(F)c1)C(C(F)(F)F)C(F)(F)F. The molecule has 0 bridgehead atoms. The summed E-state index contributed by atoms with van der Waals surface area (Å²) in [6.45, 7) is 0. The summed E-state index contributed by atoms with van der Waals surface area (Å²) < 4.78 is 88.3. The van der Waals surface area contributed by atoms with Crippen LogP contribution in [0.3, 0.4) is 0 Å². The van der Waals surface area contributed by atoms with Gasteiger partial charge in [-0.15, -0.1) is 0 Å². The van der Waals surface area contributed by atoms with Gasteiger partial charge in [0.05, 0.1) is 12.2 Å². The highest BCUT2D eigenvalue weighted by Crippen LogP contribution is 2.46. The van der Waals surface area contributed by atoms with E-state index in [2.05, 4.69) is 4.98 Å². The van der Waals surface area contributed by atoms with Crippen LogP contribution in [0, 0.1) is 11.7 Å². The molecule has 0 aliphatic heterocycles. The lowest BCUT2D eigenvalue weighted by atomic mass is 9.93. The molecule has 1 N–H and O–H groups in total. The summed E-state index contributed by atoms with van der Waals surface area (Å²) in [7, 11) is 0.931. The van der Waals surface area contributed by atoms with Crippen molar-refractivity contribution in [2.24, 2.45) is 5.92 Å². The molecule has 108 valence electrons. The van der Waals surface area contributed by atoms with Crippen LogP contribution in [-0.4, -0.2) is 24.4 Å². The molecule has 0 aromatic carbocycles. The second kappa shape index (κ2) is 5.32. The van der Waals surface area contributed by atoms with Crippen molar-refractivity contribution >= 4 is 0 Å². The monoisotopic (exact) mass is 290 g/mol. The molecule has 0 saturated carbocycles. The number of halogens is 7. The second-order valence-corrected chi connectivity index (χ2v) is 3.76. The molecule has 0 amide bonds. The predicted octanol–water partition coefficient (Wildman–Crippen LogP) is 3.22. The minimum absolute atomic E-state index is 0.526. The van der Waals surface area contributed by atoms with Crippen molar-refractivity contribution in [2.45, 2.75) is 18.4 Å². The largest absolute Gasteiger partial charge is 0.402 e. The summed E-state index contributed by atoms with van der Waals surface area (Å²) in [5.41, 5.74) is -0.526. The molecule has 1 heterocycles. The van der Waals surface area contributed by atoms with Gasteiger partial charge in [-0.3, -0.25) is 4.98 Å². The van der Waals surface area contributed by atoms with Gasteiger partial charge in [-0.25, -0.2) is 4.39 Å². The zero-order valence-electron chi connectivity index (χ0n) is 9.48. The molecule has 0 spiro atoms. The Kier molecular flexibility index (Phi) is 4.39. The normalized spacial score (nSPS) is 14.8. The number of rotatable bonds is 3. The van der Waals surface area contributed by atoms with E-state index in [4.69, 9.17) is 0 Å². The van der Waals surface area contributed by atoms with Gasteiger partial charge in [0.1, 0.15) is 5.82 Å². The van der Waals surface area contributed by atoms with Crippen molar-refractivity contribution < 1.29 is 30.7 Å². The Hall–Kier alpha value is -1.38. The molecule has 19 heavy (non-hydrogen) atoms. The number of aromatic nitrogens is 1. The summed E-state index contributed by atoms with van der Waals surface area (Å²) in [4.78, 5) is 3.25. The van der Waals surface area contributed by atoms with Crippen LogP contribution >= 0.6 is 0 Å². The van der Waals surface area contributed by atoms with Gasteiger partial charge in [0.15, 0.2) is 5.92 Å². The Morgan fingerprint density at radius 1 is 1.05 bits per heavy atom. The lowest BCUT2D eigenvalue weighted by Crippen LogP contribution is -2.45. The first kappa shape index (κ1) is 15.7. The zero-order chi connectivity index (χ0) is 14.8. The Morgan fingerprint density at radius 2 is 1.58 bits per heavy atom. The molecule has 0 saturated heterocycles. The van der Waals surface area contributed by atoms with Gasteiger partial charge < -0.3 is 5.32 Å². The number of pyridine rings is 1. The molecule has 9 heteroatoms. The lowest BCUT2D eigenvalue weighted by Gasteiger charge is -2.30. The lowest BCUT2D eigenvalue weighted by molar-refractivity contribution is -0.292. The van der Waals surface area contributed by atoms with Gasteiger partial charge >= 0.3 is 12.4 Å². The van der Waals surface area contributed by atoms with Crippen LogP contribution < -0.4 is 5.32 Å². The summed E-state index contributed by atoms with van der Waals surface area (Å²) in [6, 6.07) is -1.58. The van der Waals surface area contributed by atoms with Gasteiger partial charge in [-0.2, -0.15) is 26.3 Å². The van der Waals surface area contributed by atoms with Crippen molar-refractivity contribution in [3.63, 3.8) is 0 Å². The van der Waals surface area contributed by atoms with Crippen LogP contribution in [-0.2, 0) is 0 Å². The Balaban J connectivity index is 3.25. The van der Waals surface area contributed by atoms with Gasteiger partial charge in [0.2, 0.25) is 0 Å². The third-order valence-electron chi connectivity index (χ3n) is 2.43. The highest BCUT2D eigenvalue weighted by Gasteiger charge is 2.60. The number of nitrogens with zero attached hydrogens (tertiary/aromatic N) is 1. The highest BCUT2D eigenvalue weighted by atomic mass is 19.4. The fourth-order valence-corrected chi connectivity index (χ4v) is 1.69. The highest BCUT2D eigenvalue weighted by molar-refractivity contribution is 5.17. The number of alkyl halides is 6. The Bertz CT molecular complexity index is 413. The fraction of sp³-hybridized carbons (Fsp3) is 0.500. The van der Waals surface area contributed by atoms with Gasteiger partial charge in [-0.05, 0) is 18.7 Å². The van der Waals surface area contributed by atoms with E-state index in [0.29, 0.717) is 12.3 Å². The van der Waals surface area contributed by atoms with Crippen LogP contribution in [0.15, 0.2) is 18.5 Å². The Labute approximate surface area is 103 Å². The van der Waals surface area contributed by atoms with Crippen LogP contribution in [0.4, 0.5) is 30.7 Å². The molecular formula is C10H9F7N2. The summed E-state index contributed by atoms with van der Waals surface area (Å²) in [6.07, 6.45) is -9.59. The average molecular weight is 290 g/mol. The van der Waals surface area contributed by atoms with Crippen molar-refractivity contribution in [2.75, 3.05) is 7.05 Å². The molecule has 1 atom stereocenters. The molecule has 0 aliphatic rings. The van der Waals surface area contributed by atoms with E-state index in [1.165, 1.54) is 0 Å². The van der Waals surface area contributed by atoms with Crippen molar-refractivity contribution in [1.82, 2.24) is 10.3 Å². The van der Waals surface area contributed by atoms with Gasteiger partial charge in [-0.1, -0.05) is 0 Å². The van der Waals surface area contributed by atoms with Crippen molar-refractivity contribution in [1.29, 1.82) is 0 Å². The van der Waals surface area contributed by atoms with Crippen molar-refractivity contribution in [3.05, 3.63) is 29.8 Å². The van der Waals surface area contributed by atoms with E-state index >= 15 is 0 Å². The average Bonchev–Trinajstić information content (AvgIpc) is 2.21. The maximum Gasteiger partial charge on any atom is 0.402 e. The Morgan fingerprint density at radius 3 is 1.95 bits per heavy atom. The summed E-state index contributed by atoms with van der Waals surface area (Å²) >= 11 is 0. The molecule has 0 fully saturated rings. The van der Waals surface area contributed by atoms with E-state index in [1.807, 2.05) is 5.32 Å². The fourth-order valence-electron chi connectivity index (χ4n) is 1.69. The minimum Gasteiger partial charge on any atom is -0.312 e. The van der Waals surface area contributed by atoms with E-state index in [-0.39, 0.29) is 0 Å². The molecule has 1 aromatic heterocycles. The van der Waals surface area contributed by atoms with Crippen LogP contribution in [0.1, 0.15) is 11.6 Å². The summed E-state index contributed by atoms with van der Waals surface area (Å²) in [5.74, 6) is -4.66. The first-order chi connectivity index (χ1) is 8.57. The smallest absolute Gasteiger partial charge is 0.312 e. The quantitative estimate of drug-likeness (QED) is 0.865. The van der Waals surface area contributed by atoms with Crippen LogP contribution in [0.5, 0.6) is 0 Å². The number of hydrogen-bond donors (Lipinski definition) is 1. The number of nitrogens with one attached hydrogen (secondary N) is 1. The topological polar surface area (TPSA) is 24.9 Å². The molecule has 1 rings (SSSR count). The molecule has 1 aromatic rings. The van der Waals surface area contributed by atoms with E-state index in [1.54, 1.807) is 0 Å². The molecule has 0 radical (unpaired) electrons.